The molecule has 3 aromatic rings. The molecule has 0 aliphatic heterocycles. The molecule has 0 aromatic heterocycles. The number of nitriles is 1. The van der Waals surface area contributed by atoms with Crippen LogP contribution >= 0.6 is 23.2 Å². The number of hydrogen-bond acceptors (Lipinski definition) is 9. The van der Waals surface area contributed by atoms with Crippen molar-refractivity contribution in [1.82, 2.24) is 0 Å². The van der Waals surface area contributed by atoms with Gasteiger partial charge in [-0.25, -0.2) is 0 Å². The largest absolute Gasteiger partial charge is 0.379 e. The van der Waals surface area contributed by atoms with E-state index >= 15 is 0 Å². The van der Waals surface area contributed by atoms with Gasteiger partial charge in [-0.15, -0.1) is 0 Å². The van der Waals surface area contributed by atoms with Gasteiger partial charge in [0, 0.05) is 24.3 Å². The van der Waals surface area contributed by atoms with Gasteiger partial charge in [0.1, 0.15) is 22.3 Å². The first-order chi connectivity index (χ1) is 17.4. The summed E-state index contributed by atoms with van der Waals surface area (Å²) in [5.74, 6) is -0.996. The molecule has 188 valence electrons. The zero-order chi connectivity index (χ0) is 27.3. The topological polar surface area (TPSA) is 183 Å². The second-order valence-electron chi connectivity index (χ2n) is 7.02. The molecular formula is C22H12Cl2N4O8S. The van der Waals surface area contributed by atoms with Crippen LogP contribution in [0, 0.1) is 31.6 Å². The summed E-state index contributed by atoms with van der Waals surface area (Å²) in [4.78, 5) is 32.5. The Morgan fingerprint density at radius 1 is 0.946 bits per heavy atom. The minimum absolute atomic E-state index is 0.0945. The van der Waals surface area contributed by atoms with Crippen molar-refractivity contribution in [1.29, 1.82) is 5.26 Å². The number of rotatable bonds is 8. The molecule has 3 aromatic carbocycles. The van der Waals surface area contributed by atoms with Crippen LogP contribution in [0.15, 0.2) is 71.1 Å². The quantitative estimate of drug-likeness (QED) is 0.128. The van der Waals surface area contributed by atoms with E-state index in [2.05, 4.69) is 5.32 Å². The summed E-state index contributed by atoms with van der Waals surface area (Å²) >= 11 is 11.9. The Kier molecular flexibility index (Phi) is 8.08. The summed E-state index contributed by atoms with van der Waals surface area (Å²) in [6.45, 7) is 0. The van der Waals surface area contributed by atoms with E-state index in [4.69, 9.17) is 27.4 Å². The van der Waals surface area contributed by atoms with Gasteiger partial charge < -0.3 is 9.50 Å². The lowest BCUT2D eigenvalue weighted by molar-refractivity contribution is -0.385. The molecule has 0 aliphatic carbocycles. The smallest absolute Gasteiger partial charge is 0.339 e. The van der Waals surface area contributed by atoms with E-state index in [1.54, 1.807) is 6.07 Å². The van der Waals surface area contributed by atoms with Crippen LogP contribution in [0.5, 0.6) is 5.75 Å². The molecule has 3 rings (SSSR count). The van der Waals surface area contributed by atoms with E-state index in [-0.39, 0.29) is 43.3 Å². The summed E-state index contributed by atoms with van der Waals surface area (Å²) in [6.07, 6.45) is 1.19. The van der Waals surface area contributed by atoms with Crippen molar-refractivity contribution in [2.24, 2.45) is 0 Å². The first-order valence-electron chi connectivity index (χ1n) is 9.77. The van der Waals surface area contributed by atoms with Crippen LogP contribution in [0.25, 0.3) is 6.08 Å². The molecule has 0 fully saturated rings. The van der Waals surface area contributed by atoms with Crippen LogP contribution in [0.3, 0.4) is 0 Å². The number of carbonyl (C=O) groups is 1. The number of anilines is 1. The lowest BCUT2D eigenvalue weighted by Crippen LogP contribution is -2.14. The molecule has 15 heteroatoms. The summed E-state index contributed by atoms with van der Waals surface area (Å²) in [7, 11) is -4.28. The molecule has 0 unspecified atom stereocenters. The molecule has 1 N–H and O–H groups in total. The highest BCUT2D eigenvalue weighted by atomic mass is 35.5. The number of non-ortho nitro benzene ring substituents is 2. The number of benzene rings is 3. The van der Waals surface area contributed by atoms with Crippen molar-refractivity contribution in [3.05, 3.63) is 102 Å². The van der Waals surface area contributed by atoms with Gasteiger partial charge in [0.25, 0.3) is 17.3 Å². The summed E-state index contributed by atoms with van der Waals surface area (Å²) < 4.78 is 29.8. The van der Waals surface area contributed by atoms with Crippen molar-refractivity contribution < 1.29 is 27.2 Å². The zero-order valence-electron chi connectivity index (χ0n) is 18.1. The summed E-state index contributed by atoms with van der Waals surface area (Å²) in [5, 5.41) is 32.9. The third-order valence-electron chi connectivity index (χ3n) is 4.57. The summed E-state index contributed by atoms with van der Waals surface area (Å²) in [5.41, 5.74) is -0.849. The van der Waals surface area contributed by atoms with Gasteiger partial charge >= 0.3 is 10.1 Å². The Balaban J connectivity index is 1.76. The predicted octanol–water partition coefficient (Wildman–Crippen LogP) is 5.12. The molecule has 0 aliphatic rings. The number of nitro benzene ring substituents is 2. The minimum atomic E-state index is -4.28. The predicted molar refractivity (Wildman–Crippen MR) is 133 cm³/mol. The molecule has 0 bridgehead atoms. The van der Waals surface area contributed by atoms with E-state index in [0.717, 1.165) is 36.4 Å². The Morgan fingerprint density at radius 3 is 1.97 bits per heavy atom. The maximum absolute atomic E-state index is 12.5. The van der Waals surface area contributed by atoms with Crippen molar-refractivity contribution in [3.63, 3.8) is 0 Å². The molecule has 1 amide bonds. The molecule has 37 heavy (non-hydrogen) atoms. The normalized spacial score (nSPS) is 11.3. The van der Waals surface area contributed by atoms with Gasteiger partial charge in [-0.05, 0) is 35.9 Å². The molecule has 0 heterocycles. The third kappa shape index (κ3) is 6.58. The average Bonchev–Trinajstić information content (AvgIpc) is 2.85. The zero-order valence-corrected chi connectivity index (χ0v) is 20.5. The second kappa shape index (κ2) is 11.0. The van der Waals surface area contributed by atoms with Crippen LogP contribution in [0.4, 0.5) is 17.1 Å². The number of halogens is 2. The third-order valence-corrected chi connectivity index (χ3v) is 6.43. The molecule has 0 spiro atoms. The van der Waals surface area contributed by atoms with E-state index in [1.807, 2.05) is 0 Å². The van der Waals surface area contributed by atoms with Gasteiger partial charge in [-0.3, -0.25) is 25.0 Å². The number of nitro groups is 2. The van der Waals surface area contributed by atoms with E-state index in [1.165, 1.54) is 30.3 Å². The Morgan fingerprint density at radius 2 is 1.49 bits per heavy atom. The van der Waals surface area contributed by atoms with Crippen LogP contribution in [-0.2, 0) is 14.9 Å². The molecular weight excluding hydrogens is 551 g/mol. The number of carbonyl (C=O) groups excluding carboxylic acids is 1. The van der Waals surface area contributed by atoms with Crippen molar-refractivity contribution in [2.45, 2.75) is 4.90 Å². The first kappa shape index (κ1) is 27.1. The molecule has 0 saturated carbocycles. The monoisotopic (exact) mass is 562 g/mol. The van der Waals surface area contributed by atoms with Crippen LogP contribution in [0.2, 0.25) is 10.0 Å². The maximum atomic E-state index is 12.5. The highest BCUT2D eigenvalue weighted by Gasteiger charge is 2.20. The number of amides is 1. The van der Waals surface area contributed by atoms with Gasteiger partial charge in [0.05, 0.1) is 25.6 Å². The fourth-order valence-electron chi connectivity index (χ4n) is 2.81. The van der Waals surface area contributed by atoms with Gasteiger partial charge in [-0.1, -0.05) is 35.3 Å². The molecule has 0 atom stereocenters. The minimum Gasteiger partial charge on any atom is -0.379 e. The number of nitrogens with zero attached hydrogens (tertiary/aromatic N) is 3. The van der Waals surface area contributed by atoms with E-state index in [9.17, 15) is 38.7 Å². The second-order valence-corrected chi connectivity index (χ2v) is 9.38. The maximum Gasteiger partial charge on any atom is 0.339 e. The molecule has 12 nitrogen and oxygen atoms in total. The van der Waals surface area contributed by atoms with E-state index in [0.29, 0.717) is 5.56 Å². The molecule has 0 radical (unpaired) electrons. The van der Waals surface area contributed by atoms with Gasteiger partial charge in [-0.2, -0.15) is 13.7 Å². The fourth-order valence-corrected chi connectivity index (χ4v) is 4.31. The lowest BCUT2D eigenvalue weighted by Gasteiger charge is -2.09. The van der Waals surface area contributed by atoms with Crippen LogP contribution in [-0.4, -0.2) is 24.2 Å². The van der Waals surface area contributed by atoms with Crippen LogP contribution < -0.4 is 9.50 Å². The standard InChI is InChI=1S/C22H12Cl2N4O8S/c23-19-10-16(28(32)33)11-20(24)21(19)26-22(29)14(12-25)9-13-1-5-17(6-2-13)36-37(34,35)18-7-3-15(4-8-18)27(30)31/h1-11H,(H,26,29)/b14-9+. The Labute approximate surface area is 218 Å². The number of nitrogens with one attached hydrogen (secondary N) is 1. The van der Waals surface area contributed by atoms with E-state index < -0.39 is 25.9 Å². The van der Waals surface area contributed by atoms with Crippen molar-refractivity contribution in [2.75, 3.05) is 5.32 Å². The fraction of sp³-hybridized carbons (Fsp3) is 0. The summed E-state index contributed by atoms with van der Waals surface area (Å²) in [6, 6.07) is 13.1. The first-order valence-corrected chi connectivity index (χ1v) is 11.9. The lowest BCUT2D eigenvalue weighted by atomic mass is 10.1. The molecule has 0 saturated heterocycles. The van der Waals surface area contributed by atoms with Gasteiger partial charge in [0.2, 0.25) is 0 Å². The van der Waals surface area contributed by atoms with Crippen LogP contribution in [0.1, 0.15) is 5.56 Å². The SMILES string of the molecule is N#C/C(=C\c1ccc(OS(=O)(=O)c2ccc([N+](=O)[O-])cc2)cc1)C(=O)Nc1c(Cl)cc([N+](=O)[O-])cc1Cl. The average molecular weight is 563 g/mol. The Hall–Kier alpha value is -4.51. The van der Waals surface area contributed by atoms with Crippen molar-refractivity contribution in [3.8, 4) is 11.8 Å². The van der Waals surface area contributed by atoms with Gasteiger partial charge in [0.15, 0.2) is 0 Å². The Bertz CT molecular complexity index is 1560. The highest BCUT2D eigenvalue weighted by Crippen LogP contribution is 2.35. The highest BCUT2D eigenvalue weighted by molar-refractivity contribution is 7.87. The van der Waals surface area contributed by atoms with Crippen molar-refractivity contribution >= 4 is 62.4 Å². The number of hydrogen-bond donors (Lipinski definition) is 1.